The van der Waals surface area contributed by atoms with Crippen molar-refractivity contribution < 1.29 is 9.59 Å². The molecule has 5 nitrogen and oxygen atoms in total. The van der Waals surface area contributed by atoms with E-state index in [9.17, 15) is 9.59 Å². The van der Waals surface area contributed by atoms with Crippen LogP contribution in [0.15, 0.2) is 48.5 Å². The standard InChI is InChI=1S/C20H22ClN3O2.ClH/c21-17-5-1-15(2-6-17)13-19(25)23-9-11-24(12-10-23)20(26)14-16-3-7-18(22)8-4-16;/h1-8H,9-14,22H2;1H. The molecule has 0 radical (unpaired) electrons. The number of nitrogen functional groups attached to an aromatic ring is 1. The summed E-state index contributed by atoms with van der Waals surface area (Å²) >= 11 is 5.87. The first-order valence-corrected chi connectivity index (χ1v) is 9.03. The molecule has 0 bridgehead atoms. The molecular formula is C20H23Cl2N3O2. The first-order chi connectivity index (χ1) is 12.5. The molecule has 1 aliphatic rings. The molecular weight excluding hydrogens is 385 g/mol. The van der Waals surface area contributed by atoms with Crippen LogP contribution in [0.3, 0.4) is 0 Å². The largest absolute Gasteiger partial charge is 0.399 e. The zero-order chi connectivity index (χ0) is 18.5. The zero-order valence-electron chi connectivity index (χ0n) is 14.9. The van der Waals surface area contributed by atoms with Crippen molar-refractivity contribution in [1.29, 1.82) is 0 Å². The average Bonchev–Trinajstić information content (AvgIpc) is 2.65. The maximum atomic E-state index is 12.4. The third kappa shape index (κ3) is 5.88. The van der Waals surface area contributed by atoms with E-state index >= 15 is 0 Å². The van der Waals surface area contributed by atoms with Crippen LogP contribution in [-0.2, 0) is 22.4 Å². The molecule has 1 saturated heterocycles. The minimum Gasteiger partial charge on any atom is -0.399 e. The predicted molar refractivity (Wildman–Crippen MR) is 110 cm³/mol. The molecule has 2 amide bonds. The number of halogens is 2. The summed E-state index contributed by atoms with van der Waals surface area (Å²) < 4.78 is 0. The maximum Gasteiger partial charge on any atom is 0.227 e. The molecule has 2 aromatic rings. The smallest absolute Gasteiger partial charge is 0.227 e. The van der Waals surface area contributed by atoms with Crippen molar-refractivity contribution in [2.75, 3.05) is 31.9 Å². The van der Waals surface area contributed by atoms with Crippen molar-refractivity contribution in [1.82, 2.24) is 9.80 Å². The number of benzene rings is 2. The zero-order valence-corrected chi connectivity index (χ0v) is 16.5. The van der Waals surface area contributed by atoms with Crippen molar-refractivity contribution in [3.05, 3.63) is 64.7 Å². The Morgan fingerprint density at radius 1 is 0.778 bits per heavy atom. The summed E-state index contributed by atoms with van der Waals surface area (Å²) in [7, 11) is 0. The lowest BCUT2D eigenvalue weighted by Gasteiger charge is -2.35. The van der Waals surface area contributed by atoms with E-state index < -0.39 is 0 Å². The molecule has 1 heterocycles. The van der Waals surface area contributed by atoms with Crippen LogP contribution >= 0.6 is 24.0 Å². The Morgan fingerprint density at radius 2 is 1.15 bits per heavy atom. The van der Waals surface area contributed by atoms with Crippen LogP contribution in [0.4, 0.5) is 5.69 Å². The number of amides is 2. The van der Waals surface area contributed by atoms with Gasteiger partial charge in [0.25, 0.3) is 0 Å². The Balaban J connectivity index is 0.00000261. The molecule has 2 N–H and O–H groups in total. The van der Waals surface area contributed by atoms with E-state index in [2.05, 4.69) is 0 Å². The van der Waals surface area contributed by atoms with Crippen LogP contribution < -0.4 is 5.73 Å². The second-order valence-electron chi connectivity index (χ2n) is 6.48. The molecule has 0 unspecified atom stereocenters. The van der Waals surface area contributed by atoms with Crippen molar-refractivity contribution >= 4 is 41.5 Å². The van der Waals surface area contributed by atoms with Gasteiger partial charge in [-0.05, 0) is 35.4 Å². The molecule has 3 rings (SSSR count). The number of piperazine rings is 1. The Labute approximate surface area is 170 Å². The number of nitrogens with two attached hydrogens (primary N) is 1. The minimum atomic E-state index is 0. The summed E-state index contributed by atoms with van der Waals surface area (Å²) in [6, 6.07) is 14.7. The van der Waals surface area contributed by atoms with Gasteiger partial charge in [-0.1, -0.05) is 35.9 Å². The van der Waals surface area contributed by atoms with Crippen LogP contribution in [0.1, 0.15) is 11.1 Å². The highest BCUT2D eigenvalue weighted by atomic mass is 35.5. The number of hydrogen-bond acceptors (Lipinski definition) is 3. The first-order valence-electron chi connectivity index (χ1n) is 8.65. The van der Waals surface area contributed by atoms with Gasteiger partial charge in [-0.2, -0.15) is 0 Å². The Kier molecular flexibility index (Phi) is 7.51. The second-order valence-corrected chi connectivity index (χ2v) is 6.92. The number of anilines is 1. The minimum absolute atomic E-state index is 0. The van der Waals surface area contributed by atoms with E-state index in [0.717, 1.165) is 11.1 Å². The molecule has 1 aliphatic heterocycles. The molecule has 0 aliphatic carbocycles. The number of nitrogens with zero attached hydrogens (tertiary/aromatic N) is 2. The van der Waals surface area contributed by atoms with E-state index in [1.54, 1.807) is 24.3 Å². The van der Waals surface area contributed by atoms with Gasteiger partial charge in [-0.3, -0.25) is 9.59 Å². The Hall–Kier alpha value is -2.24. The van der Waals surface area contributed by atoms with Gasteiger partial charge in [0.2, 0.25) is 11.8 Å². The van der Waals surface area contributed by atoms with E-state index in [4.69, 9.17) is 17.3 Å². The fourth-order valence-corrected chi connectivity index (χ4v) is 3.14. The fourth-order valence-electron chi connectivity index (χ4n) is 3.02. The Morgan fingerprint density at radius 3 is 1.56 bits per heavy atom. The van der Waals surface area contributed by atoms with Gasteiger partial charge in [-0.15, -0.1) is 12.4 Å². The van der Waals surface area contributed by atoms with Crippen molar-refractivity contribution in [2.45, 2.75) is 12.8 Å². The molecule has 0 atom stereocenters. The van der Waals surface area contributed by atoms with Gasteiger partial charge >= 0.3 is 0 Å². The lowest BCUT2D eigenvalue weighted by molar-refractivity contribution is -0.138. The van der Waals surface area contributed by atoms with Crippen LogP contribution in [0.2, 0.25) is 5.02 Å². The third-order valence-electron chi connectivity index (χ3n) is 4.59. The van der Waals surface area contributed by atoms with Gasteiger partial charge in [0.1, 0.15) is 0 Å². The van der Waals surface area contributed by atoms with Crippen LogP contribution in [0.5, 0.6) is 0 Å². The van der Waals surface area contributed by atoms with Crippen molar-refractivity contribution in [3.8, 4) is 0 Å². The van der Waals surface area contributed by atoms with Gasteiger partial charge in [0.15, 0.2) is 0 Å². The lowest BCUT2D eigenvalue weighted by Crippen LogP contribution is -2.51. The van der Waals surface area contributed by atoms with Crippen LogP contribution in [0, 0.1) is 0 Å². The van der Waals surface area contributed by atoms with Gasteiger partial charge < -0.3 is 15.5 Å². The SMILES string of the molecule is Cl.Nc1ccc(CC(=O)N2CCN(C(=O)Cc3ccc(Cl)cc3)CC2)cc1. The topological polar surface area (TPSA) is 66.6 Å². The van der Waals surface area contributed by atoms with Gasteiger partial charge in [0.05, 0.1) is 12.8 Å². The number of hydrogen-bond donors (Lipinski definition) is 1. The number of carbonyl (C=O) groups is 2. The highest BCUT2D eigenvalue weighted by Gasteiger charge is 2.24. The molecule has 1 fully saturated rings. The van der Waals surface area contributed by atoms with Crippen molar-refractivity contribution in [2.24, 2.45) is 0 Å². The highest BCUT2D eigenvalue weighted by Crippen LogP contribution is 2.13. The lowest BCUT2D eigenvalue weighted by atomic mass is 10.1. The molecule has 0 saturated carbocycles. The molecule has 7 heteroatoms. The van der Waals surface area contributed by atoms with E-state index in [-0.39, 0.29) is 24.2 Å². The molecule has 0 aromatic heterocycles. The summed E-state index contributed by atoms with van der Waals surface area (Å²) in [4.78, 5) is 28.5. The normalized spacial score (nSPS) is 13.8. The molecule has 144 valence electrons. The van der Waals surface area contributed by atoms with Crippen LogP contribution in [0.25, 0.3) is 0 Å². The van der Waals surface area contributed by atoms with E-state index in [0.29, 0.717) is 49.7 Å². The molecule has 2 aromatic carbocycles. The predicted octanol–water partition coefficient (Wildman–Crippen LogP) is 2.80. The molecule has 27 heavy (non-hydrogen) atoms. The van der Waals surface area contributed by atoms with E-state index in [1.165, 1.54) is 0 Å². The summed E-state index contributed by atoms with van der Waals surface area (Å²) in [6.07, 6.45) is 0.718. The summed E-state index contributed by atoms with van der Waals surface area (Å²) in [5.74, 6) is 0.164. The summed E-state index contributed by atoms with van der Waals surface area (Å²) in [5, 5.41) is 0.662. The van der Waals surface area contributed by atoms with Gasteiger partial charge in [-0.25, -0.2) is 0 Å². The van der Waals surface area contributed by atoms with E-state index in [1.807, 2.05) is 34.1 Å². The summed E-state index contributed by atoms with van der Waals surface area (Å²) in [5.41, 5.74) is 8.25. The Bertz CT molecular complexity index is 703. The third-order valence-corrected chi connectivity index (χ3v) is 4.84. The maximum absolute atomic E-state index is 12.4. The van der Waals surface area contributed by atoms with Gasteiger partial charge in [0, 0.05) is 36.9 Å². The van der Waals surface area contributed by atoms with Crippen molar-refractivity contribution in [3.63, 3.8) is 0 Å². The second kappa shape index (κ2) is 9.62. The summed E-state index contributed by atoms with van der Waals surface area (Å²) in [6.45, 7) is 2.28. The highest BCUT2D eigenvalue weighted by molar-refractivity contribution is 6.30. The quantitative estimate of drug-likeness (QED) is 0.792. The number of carbonyl (C=O) groups excluding carboxylic acids is 2. The molecule has 0 spiro atoms. The number of rotatable bonds is 4. The van der Waals surface area contributed by atoms with Crippen LogP contribution in [-0.4, -0.2) is 47.8 Å². The average molecular weight is 408 g/mol. The fraction of sp³-hybridized carbons (Fsp3) is 0.300. The first kappa shape index (κ1) is 21.1. The monoisotopic (exact) mass is 407 g/mol.